The van der Waals surface area contributed by atoms with Crippen molar-refractivity contribution in [2.24, 2.45) is 5.41 Å². The SMILES string of the molecule is CCC1(C(=O)N[C@@H](C)c2cccnc2)CCCNC1. The molecule has 0 bridgehead atoms. The highest BCUT2D eigenvalue weighted by Gasteiger charge is 2.38. The van der Waals surface area contributed by atoms with Crippen molar-refractivity contribution >= 4 is 5.91 Å². The van der Waals surface area contributed by atoms with Gasteiger partial charge in [0.05, 0.1) is 11.5 Å². The average Bonchev–Trinajstić information content (AvgIpc) is 2.48. The number of pyridine rings is 1. The normalized spacial score (nSPS) is 24.7. The van der Waals surface area contributed by atoms with Crippen LogP contribution in [0.5, 0.6) is 0 Å². The van der Waals surface area contributed by atoms with E-state index in [0.29, 0.717) is 0 Å². The minimum atomic E-state index is -0.241. The number of nitrogens with zero attached hydrogens (tertiary/aromatic N) is 1. The molecular weight excluding hydrogens is 238 g/mol. The summed E-state index contributed by atoms with van der Waals surface area (Å²) in [4.78, 5) is 16.7. The van der Waals surface area contributed by atoms with Gasteiger partial charge in [0.15, 0.2) is 0 Å². The molecule has 4 heteroatoms. The maximum atomic E-state index is 12.6. The van der Waals surface area contributed by atoms with Crippen molar-refractivity contribution in [1.82, 2.24) is 15.6 Å². The second kappa shape index (κ2) is 6.15. The van der Waals surface area contributed by atoms with Crippen molar-refractivity contribution in [2.75, 3.05) is 13.1 Å². The number of carbonyl (C=O) groups excluding carboxylic acids is 1. The molecule has 19 heavy (non-hydrogen) atoms. The van der Waals surface area contributed by atoms with Gasteiger partial charge in [-0.2, -0.15) is 0 Å². The van der Waals surface area contributed by atoms with Crippen LogP contribution < -0.4 is 10.6 Å². The topological polar surface area (TPSA) is 54.0 Å². The molecule has 2 heterocycles. The smallest absolute Gasteiger partial charge is 0.227 e. The fourth-order valence-corrected chi connectivity index (χ4v) is 2.69. The van der Waals surface area contributed by atoms with Crippen molar-refractivity contribution in [3.05, 3.63) is 30.1 Å². The number of hydrogen-bond acceptors (Lipinski definition) is 3. The van der Waals surface area contributed by atoms with Crippen LogP contribution in [-0.2, 0) is 4.79 Å². The third-order valence-corrected chi connectivity index (χ3v) is 4.16. The molecule has 0 aromatic carbocycles. The number of rotatable bonds is 4. The summed E-state index contributed by atoms with van der Waals surface area (Å²) in [5.41, 5.74) is 0.806. The Balaban J connectivity index is 2.03. The van der Waals surface area contributed by atoms with Crippen LogP contribution in [0.25, 0.3) is 0 Å². The molecule has 0 saturated carbocycles. The van der Waals surface area contributed by atoms with Crippen molar-refractivity contribution < 1.29 is 4.79 Å². The minimum absolute atomic E-state index is 0.00607. The molecule has 4 nitrogen and oxygen atoms in total. The molecule has 0 aliphatic carbocycles. The summed E-state index contributed by atoms with van der Waals surface area (Å²) in [5, 5.41) is 6.49. The van der Waals surface area contributed by atoms with Gasteiger partial charge in [-0.05, 0) is 44.4 Å². The van der Waals surface area contributed by atoms with Gasteiger partial charge in [0, 0.05) is 18.9 Å². The van der Waals surface area contributed by atoms with Crippen LogP contribution in [0.3, 0.4) is 0 Å². The number of piperidine rings is 1. The molecule has 2 rings (SSSR count). The third kappa shape index (κ3) is 3.13. The molecule has 1 amide bonds. The van der Waals surface area contributed by atoms with Crippen molar-refractivity contribution in [2.45, 2.75) is 39.2 Å². The zero-order valence-electron chi connectivity index (χ0n) is 11.8. The second-order valence-corrected chi connectivity index (χ2v) is 5.40. The van der Waals surface area contributed by atoms with Gasteiger partial charge in [0.1, 0.15) is 0 Å². The molecule has 2 N–H and O–H groups in total. The number of hydrogen-bond donors (Lipinski definition) is 2. The van der Waals surface area contributed by atoms with E-state index in [9.17, 15) is 4.79 Å². The van der Waals surface area contributed by atoms with Gasteiger partial charge >= 0.3 is 0 Å². The lowest BCUT2D eigenvalue weighted by molar-refractivity contribution is -0.133. The molecule has 1 aromatic rings. The van der Waals surface area contributed by atoms with Crippen LogP contribution in [0.4, 0.5) is 0 Å². The van der Waals surface area contributed by atoms with E-state index in [4.69, 9.17) is 0 Å². The molecule has 1 unspecified atom stereocenters. The first-order chi connectivity index (χ1) is 9.18. The summed E-state index contributed by atoms with van der Waals surface area (Å²) < 4.78 is 0. The first-order valence-electron chi connectivity index (χ1n) is 7.09. The van der Waals surface area contributed by atoms with E-state index in [1.807, 2.05) is 25.3 Å². The monoisotopic (exact) mass is 261 g/mol. The first kappa shape index (κ1) is 14.0. The summed E-state index contributed by atoms with van der Waals surface area (Å²) in [6.45, 7) is 5.91. The van der Waals surface area contributed by atoms with Gasteiger partial charge in [-0.3, -0.25) is 9.78 Å². The van der Waals surface area contributed by atoms with Gasteiger partial charge in [-0.25, -0.2) is 0 Å². The Hall–Kier alpha value is -1.42. The molecule has 1 aliphatic heterocycles. The Kier molecular flexibility index (Phi) is 4.53. The number of aromatic nitrogens is 1. The molecule has 2 atom stereocenters. The maximum Gasteiger partial charge on any atom is 0.227 e. The average molecular weight is 261 g/mol. The molecule has 0 spiro atoms. The van der Waals surface area contributed by atoms with Crippen LogP contribution in [-0.4, -0.2) is 24.0 Å². The molecule has 1 aromatic heterocycles. The van der Waals surface area contributed by atoms with E-state index in [1.54, 1.807) is 6.20 Å². The number of carbonyl (C=O) groups is 1. The fraction of sp³-hybridized carbons (Fsp3) is 0.600. The molecule has 1 aliphatic rings. The zero-order valence-corrected chi connectivity index (χ0v) is 11.8. The molecule has 104 valence electrons. The highest BCUT2D eigenvalue weighted by atomic mass is 16.2. The molecule has 0 radical (unpaired) electrons. The summed E-state index contributed by atoms with van der Waals surface area (Å²) in [7, 11) is 0. The Morgan fingerprint density at radius 1 is 1.63 bits per heavy atom. The van der Waals surface area contributed by atoms with Crippen LogP contribution in [0.15, 0.2) is 24.5 Å². The molecule has 1 saturated heterocycles. The Morgan fingerprint density at radius 2 is 2.47 bits per heavy atom. The Bertz CT molecular complexity index is 413. The number of nitrogens with one attached hydrogen (secondary N) is 2. The largest absolute Gasteiger partial charge is 0.349 e. The minimum Gasteiger partial charge on any atom is -0.349 e. The summed E-state index contributed by atoms with van der Waals surface area (Å²) in [6, 6.07) is 3.90. The van der Waals surface area contributed by atoms with E-state index in [0.717, 1.165) is 37.9 Å². The highest BCUT2D eigenvalue weighted by Crippen LogP contribution is 2.31. The standard InChI is InChI=1S/C15H23N3O/c1-3-15(7-5-9-17-11-15)14(19)18-12(2)13-6-4-8-16-10-13/h4,6,8,10,12,17H,3,5,7,9,11H2,1-2H3,(H,18,19)/t12-,15?/m0/s1. The fourth-order valence-electron chi connectivity index (χ4n) is 2.69. The van der Waals surface area contributed by atoms with Gasteiger partial charge in [-0.15, -0.1) is 0 Å². The summed E-state index contributed by atoms with van der Waals surface area (Å²) in [6.07, 6.45) is 6.48. The molecular formula is C15H23N3O. The zero-order chi connectivity index (χ0) is 13.7. The number of amides is 1. The van der Waals surface area contributed by atoms with Crippen molar-refractivity contribution in [3.8, 4) is 0 Å². The van der Waals surface area contributed by atoms with Gasteiger partial charge in [0.25, 0.3) is 0 Å². The quantitative estimate of drug-likeness (QED) is 0.872. The lowest BCUT2D eigenvalue weighted by Crippen LogP contribution is -2.50. The van der Waals surface area contributed by atoms with E-state index in [1.165, 1.54) is 0 Å². The van der Waals surface area contributed by atoms with Crippen LogP contribution in [0.1, 0.15) is 44.7 Å². The predicted octanol–water partition coefficient (Wildman–Crippen LogP) is 2.04. The third-order valence-electron chi connectivity index (χ3n) is 4.16. The van der Waals surface area contributed by atoms with E-state index < -0.39 is 0 Å². The predicted molar refractivity (Wildman–Crippen MR) is 75.6 cm³/mol. The lowest BCUT2D eigenvalue weighted by atomic mass is 9.77. The first-order valence-corrected chi connectivity index (χ1v) is 7.09. The van der Waals surface area contributed by atoms with Crippen molar-refractivity contribution in [3.63, 3.8) is 0 Å². The van der Waals surface area contributed by atoms with E-state index in [-0.39, 0.29) is 17.4 Å². The molecule has 1 fully saturated rings. The highest BCUT2D eigenvalue weighted by molar-refractivity contribution is 5.83. The lowest BCUT2D eigenvalue weighted by Gasteiger charge is -2.36. The Labute approximate surface area is 115 Å². The van der Waals surface area contributed by atoms with Gasteiger partial charge in [-0.1, -0.05) is 13.0 Å². The van der Waals surface area contributed by atoms with Crippen LogP contribution >= 0.6 is 0 Å². The second-order valence-electron chi connectivity index (χ2n) is 5.40. The summed E-state index contributed by atoms with van der Waals surface area (Å²) >= 11 is 0. The summed E-state index contributed by atoms with van der Waals surface area (Å²) in [5.74, 6) is 0.165. The van der Waals surface area contributed by atoms with E-state index >= 15 is 0 Å². The van der Waals surface area contributed by atoms with Gasteiger partial charge in [0.2, 0.25) is 5.91 Å². The maximum absolute atomic E-state index is 12.6. The Morgan fingerprint density at radius 3 is 3.05 bits per heavy atom. The van der Waals surface area contributed by atoms with Gasteiger partial charge < -0.3 is 10.6 Å². The van der Waals surface area contributed by atoms with E-state index in [2.05, 4.69) is 22.5 Å². The van der Waals surface area contributed by atoms with Crippen molar-refractivity contribution in [1.29, 1.82) is 0 Å². The van der Waals surface area contributed by atoms with Crippen LogP contribution in [0, 0.1) is 5.41 Å². The van der Waals surface area contributed by atoms with Crippen LogP contribution in [0.2, 0.25) is 0 Å².